The zero-order valence-corrected chi connectivity index (χ0v) is 12.3. The lowest BCUT2D eigenvalue weighted by Crippen LogP contribution is -2.51. The second-order valence-corrected chi connectivity index (χ2v) is 5.21. The van der Waals surface area contributed by atoms with E-state index in [1.165, 1.54) is 12.7 Å². The Morgan fingerprint density at radius 2 is 1.84 bits per heavy atom. The molecule has 0 aliphatic rings. The molecule has 0 heterocycles. The predicted molar refractivity (Wildman–Crippen MR) is 75.4 cm³/mol. The summed E-state index contributed by atoms with van der Waals surface area (Å²) in [6.07, 6.45) is 0.838. The lowest BCUT2D eigenvalue weighted by molar-refractivity contribution is -0.147. The Morgan fingerprint density at radius 1 is 1.26 bits per heavy atom. The van der Waals surface area contributed by atoms with Crippen LogP contribution < -0.4 is 10.1 Å². The zero-order valence-electron chi connectivity index (χ0n) is 12.3. The normalized spacial score (nSPS) is 12.9. The molecule has 0 spiro atoms. The molecular formula is C15H23NO3. The fourth-order valence-electron chi connectivity index (χ4n) is 2.10. The van der Waals surface area contributed by atoms with Gasteiger partial charge in [0, 0.05) is 6.04 Å². The van der Waals surface area contributed by atoms with Crippen LogP contribution in [0.25, 0.3) is 0 Å². The molecule has 0 bridgehead atoms. The topological polar surface area (TPSA) is 47.6 Å². The third-order valence-corrected chi connectivity index (χ3v) is 3.00. The number of rotatable bonds is 6. The van der Waals surface area contributed by atoms with Crippen LogP contribution in [-0.4, -0.2) is 31.8 Å². The van der Waals surface area contributed by atoms with Crippen molar-refractivity contribution >= 4 is 5.97 Å². The second kappa shape index (κ2) is 6.57. The molecule has 1 aromatic rings. The van der Waals surface area contributed by atoms with Crippen LogP contribution in [-0.2, 0) is 16.0 Å². The maximum atomic E-state index is 11.6. The Labute approximate surface area is 115 Å². The van der Waals surface area contributed by atoms with Gasteiger partial charge in [-0.15, -0.1) is 0 Å². The van der Waals surface area contributed by atoms with Gasteiger partial charge in [-0.05, 0) is 44.9 Å². The highest BCUT2D eigenvalue weighted by Crippen LogP contribution is 2.14. The van der Waals surface area contributed by atoms with Gasteiger partial charge in [0.15, 0.2) is 0 Å². The van der Waals surface area contributed by atoms with E-state index in [4.69, 9.17) is 9.47 Å². The number of hydrogen-bond acceptors (Lipinski definition) is 4. The van der Waals surface area contributed by atoms with Crippen molar-refractivity contribution in [1.29, 1.82) is 0 Å². The average molecular weight is 265 g/mol. The first-order chi connectivity index (χ1) is 8.89. The number of methoxy groups -OCH3 is 2. The first-order valence-corrected chi connectivity index (χ1v) is 6.38. The Bertz CT molecular complexity index is 412. The van der Waals surface area contributed by atoms with Gasteiger partial charge in [0.05, 0.1) is 14.2 Å². The number of esters is 1. The summed E-state index contributed by atoms with van der Waals surface area (Å²) in [4.78, 5) is 11.6. The van der Waals surface area contributed by atoms with Gasteiger partial charge in [0.1, 0.15) is 11.3 Å². The summed E-state index contributed by atoms with van der Waals surface area (Å²) in [7, 11) is 3.05. The lowest BCUT2D eigenvalue weighted by atomic mass is 10.0. The van der Waals surface area contributed by atoms with Crippen molar-refractivity contribution in [1.82, 2.24) is 5.32 Å². The summed E-state index contributed by atoms with van der Waals surface area (Å²) in [6.45, 7) is 5.70. The summed E-state index contributed by atoms with van der Waals surface area (Å²) in [5, 5.41) is 3.28. The lowest BCUT2D eigenvalue weighted by Gasteiger charge is -2.27. The fraction of sp³-hybridized carbons (Fsp3) is 0.533. The van der Waals surface area contributed by atoms with E-state index in [0.717, 1.165) is 12.2 Å². The molecule has 0 saturated heterocycles. The van der Waals surface area contributed by atoms with Crippen molar-refractivity contribution < 1.29 is 14.3 Å². The van der Waals surface area contributed by atoms with Gasteiger partial charge in [-0.2, -0.15) is 0 Å². The average Bonchev–Trinajstić information content (AvgIpc) is 2.37. The van der Waals surface area contributed by atoms with Gasteiger partial charge >= 0.3 is 5.97 Å². The van der Waals surface area contributed by atoms with E-state index in [1.807, 2.05) is 38.1 Å². The SMILES string of the molecule is COC(=O)C(C)(C)NC(C)Cc1ccc(OC)cc1. The van der Waals surface area contributed by atoms with E-state index in [9.17, 15) is 4.79 Å². The van der Waals surface area contributed by atoms with Crippen LogP contribution in [0.2, 0.25) is 0 Å². The highest BCUT2D eigenvalue weighted by Gasteiger charge is 2.29. The molecule has 1 unspecified atom stereocenters. The van der Waals surface area contributed by atoms with Gasteiger partial charge in [-0.3, -0.25) is 10.1 Å². The van der Waals surface area contributed by atoms with Crippen LogP contribution in [0, 0.1) is 0 Å². The molecule has 0 aromatic heterocycles. The van der Waals surface area contributed by atoms with Crippen LogP contribution in [0.15, 0.2) is 24.3 Å². The number of benzene rings is 1. The molecule has 0 fully saturated rings. The zero-order chi connectivity index (χ0) is 14.5. The first kappa shape index (κ1) is 15.5. The quantitative estimate of drug-likeness (QED) is 0.801. The van der Waals surface area contributed by atoms with Crippen molar-refractivity contribution in [2.24, 2.45) is 0 Å². The number of hydrogen-bond donors (Lipinski definition) is 1. The molecule has 4 nitrogen and oxygen atoms in total. The van der Waals surface area contributed by atoms with Crippen LogP contribution in [0.4, 0.5) is 0 Å². The third kappa shape index (κ3) is 4.56. The van der Waals surface area contributed by atoms with Crippen molar-refractivity contribution in [3.63, 3.8) is 0 Å². The van der Waals surface area contributed by atoms with Gasteiger partial charge in [0.2, 0.25) is 0 Å². The number of nitrogens with one attached hydrogen (secondary N) is 1. The minimum Gasteiger partial charge on any atom is -0.497 e. The molecule has 0 radical (unpaired) electrons. The molecule has 1 atom stereocenters. The van der Waals surface area contributed by atoms with Crippen molar-refractivity contribution in [3.05, 3.63) is 29.8 Å². The van der Waals surface area contributed by atoms with E-state index in [1.54, 1.807) is 7.11 Å². The molecule has 106 valence electrons. The third-order valence-electron chi connectivity index (χ3n) is 3.00. The Hall–Kier alpha value is -1.55. The summed E-state index contributed by atoms with van der Waals surface area (Å²) in [5.41, 5.74) is 0.516. The van der Waals surface area contributed by atoms with Crippen LogP contribution in [0.3, 0.4) is 0 Å². The smallest absolute Gasteiger partial charge is 0.325 e. The Morgan fingerprint density at radius 3 is 2.32 bits per heavy atom. The standard InChI is InChI=1S/C15H23NO3/c1-11(16-15(2,3)14(17)19-5)10-12-6-8-13(18-4)9-7-12/h6-9,11,16H,10H2,1-5H3. The maximum Gasteiger partial charge on any atom is 0.325 e. The van der Waals surface area contributed by atoms with Crippen molar-refractivity contribution in [2.45, 2.75) is 38.8 Å². The molecule has 0 aliphatic heterocycles. The molecular weight excluding hydrogens is 242 g/mol. The van der Waals surface area contributed by atoms with E-state index in [-0.39, 0.29) is 12.0 Å². The monoisotopic (exact) mass is 265 g/mol. The summed E-state index contributed by atoms with van der Waals surface area (Å²) >= 11 is 0. The first-order valence-electron chi connectivity index (χ1n) is 6.38. The Balaban J connectivity index is 2.59. The summed E-state index contributed by atoms with van der Waals surface area (Å²) in [5.74, 6) is 0.591. The van der Waals surface area contributed by atoms with E-state index < -0.39 is 5.54 Å². The molecule has 1 N–H and O–H groups in total. The number of carbonyl (C=O) groups is 1. The molecule has 0 amide bonds. The van der Waals surface area contributed by atoms with Gasteiger partial charge in [-0.1, -0.05) is 12.1 Å². The molecule has 1 rings (SSSR count). The van der Waals surface area contributed by atoms with Crippen LogP contribution >= 0.6 is 0 Å². The molecule has 0 saturated carbocycles. The highest BCUT2D eigenvalue weighted by atomic mass is 16.5. The molecule has 19 heavy (non-hydrogen) atoms. The minimum absolute atomic E-state index is 0.169. The van der Waals surface area contributed by atoms with Crippen molar-refractivity contribution in [2.75, 3.05) is 14.2 Å². The fourth-order valence-corrected chi connectivity index (χ4v) is 2.10. The van der Waals surface area contributed by atoms with Crippen LogP contribution in [0.5, 0.6) is 5.75 Å². The maximum absolute atomic E-state index is 11.6. The predicted octanol–water partition coefficient (Wildman–Crippen LogP) is 2.17. The van der Waals surface area contributed by atoms with E-state index in [0.29, 0.717) is 0 Å². The minimum atomic E-state index is -0.680. The van der Waals surface area contributed by atoms with Crippen molar-refractivity contribution in [3.8, 4) is 5.75 Å². The summed E-state index contributed by atoms with van der Waals surface area (Å²) in [6, 6.07) is 8.10. The molecule has 4 heteroatoms. The Kier molecular flexibility index (Phi) is 5.36. The second-order valence-electron chi connectivity index (χ2n) is 5.21. The number of carbonyl (C=O) groups excluding carboxylic acids is 1. The van der Waals surface area contributed by atoms with Crippen LogP contribution in [0.1, 0.15) is 26.3 Å². The van der Waals surface area contributed by atoms with E-state index in [2.05, 4.69) is 12.2 Å². The van der Waals surface area contributed by atoms with Gasteiger partial charge < -0.3 is 9.47 Å². The highest BCUT2D eigenvalue weighted by molar-refractivity contribution is 5.79. The number of ether oxygens (including phenoxy) is 2. The van der Waals surface area contributed by atoms with E-state index >= 15 is 0 Å². The molecule has 1 aromatic carbocycles. The largest absolute Gasteiger partial charge is 0.497 e. The van der Waals surface area contributed by atoms with Gasteiger partial charge in [-0.25, -0.2) is 0 Å². The molecule has 0 aliphatic carbocycles. The van der Waals surface area contributed by atoms with Gasteiger partial charge in [0.25, 0.3) is 0 Å². The summed E-state index contributed by atoms with van der Waals surface area (Å²) < 4.78 is 9.90.